The van der Waals surface area contributed by atoms with E-state index in [2.05, 4.69) is 31.9 Å². The number of aliphatic hydroxyl groups is 23. The molecule has 0 aliphatic carbocycles. The molecule has 0 radical (unpaired) electrons. The van der Waals surface area contributed by atoms with Gasteiger partial charge in [0.05, 0.1) is 59.5 Å². The molecule has 0 aromatic rings. The summed E-state index contributed by atoms with van der Waals surface area (Å²) in [5, 5.41) is 273. The summed E-state index contributed by atoms with van der Waals surface area (Å²) in [6.07, 6.45) is -80.8. The quantitative estimate of drug-likeness (QED) is 0.0306. The molecule has 680 valence electrons. The van der Waals surface area contributed by atoms with Crippen LogP contribution in [0.4, 0.5) is 0 Å². The van der Waals surface area contributed by atoms with Gasteiger partial charge in [0.2, 0.25) is 35.4 Å². The molecule has 29 N–H and O–H groups in total. The average Bonchev–Trinajstić information content (AvgIpc) is 0.704. The van der Waals surface area contributed by atoms with E-state index in [4.69, 9.17) is 80.5 Å². The van der Waals surface area contributed by atoms with E-state index in [9.17, 15) is 146 Å². The van der Waals surface area contributed by atoms with Gasteiger partial charge in [0.15, 0.2) is 56.6 Å². The number of rotatable bonds is 31. The van der Waals surface area contributed by atoms with Crippen molar-refractivity contribution in [2.24, 2.45) is 0 Å². The first-order valence-electron chi connectivity index (χ1n) is 37.6. The summed E-state index contributed by atoms with van der Waals surface area (Å²) in [6.45, 7) is -4.04. The normalized spacial score (nSPS) is 46.9. The predicted octanol–water partition coefficient (Wildman–Crippen LogP) is -19.8. The van der Waals surface area contributed by atoms with Crippen LogP contribution >= 0.6 is 0 Å². The molecule has 0 spiro atoms. The first kappa shape index (κ1) is 97.0. The van der Waals surface area contributed by atoms with E-state index in [-0.39, 0.29) is 0 Å². The highest BCUT2D eigenvalue weighted by Gasteiger charge is 2.61. The number of amides is 6. The van der Waals surface area contributed by atoms with Crippen LogP contribution in [0.2, 0.25) is 0 Å². The van der Waals surface area contributed by atoms with Gasteiger partial charge >= 0.3 is 0 Å². The van der Waals surface area contributed by atoms with Crippen molar-refractivity contribution in [3.05, 3.63) is 0 Å². The molecular weight excluding hydrogens is 1610 g/mol. The van der Waals surface area contributed by atoms with Gasteiger partial charge in [0, 0.05) is 41.5 Å². The maximum absolute atomic E-state index is 13.1. The Hall–Kier alpha value is -4.78. The Bertz CT molecular complexity index is 3230. The molecule has 0 aromatic carbocycles. The van der Waals surface area contributed by atoms with Crippen molar-refractivity contribution >= 4 is 35.4 Å². The molecule has 6 amide bonds. The van der Waals surface area contributed by atoms with Crippen molar-refractivity contribution in [2.45, 2.75) is 318 Å². The summed E-state index contributed by atoms with van der Waals surface area (Å²) < 4.78 is 102. The second-order valence-corrected chi connectivity index (χ2v) is 29.6. The molecule has 9 aliphatic rings. The fraction of sp³-hybridized carbons (Fsp3) is 0.909. The predicted molar refractivity (Wildman–Crippen MR) is 367 cm³/mol. The molecule has 9 saturated heterocycles. The third-order valence-electron chi connectivity index (χ3n) is 21.2. The fourth-order valence-corrected chi connectivity index (χ4v) is 15.3. The number of ether oxygens (including phenoxy) is 17. The lowest BCUT2D eigenvalue weighted by Crippen LogP contribution is -2.71. The number of aliphatic hydroxyl groups excluding tert-OH is 23. The van der Waals surface area contributed by atoms with Crippen molar-refractivity contribution in [3.8, 4) is 0 Å². The number of hydrogen-bond donors (Lipinski definition) is 29. The van der Waals surface area contributed by atoms with Crippen LogP contribution in [-0.2, 0) is 109 Å². The zero-order valence-electron chi connectivity index (χ0n) is 64.0. The van der Waals surface area contributed by atoms with Gasteiger partial charge in [0.25, 0.3) is 0 Å². The molecule has 118 heavy (non-hydrogen) atoms. The van der Waals surface area contributed by atoms with E-state index in [1.165, 1.54) is 0 Å². The van der Waals surface area contributed by atoms with Crippen molar-refractivity contribution in [1.29, 1.82) is 0 Å². The van der Waals surface area contributed by atoms with Crippen molar-refractivity contribution in [3.63, 3.8) is 0 Å². The zero-order chi connectivity index (χ0) is 87.1. The van der Waals surface area contributed by atoms with Gasteiger partial charge in [-0.05, 0) is 0 Å². The van der Waals surface area contributed by atoms with Crippen LogP contribution < -0.4 is 31.9 Å². The van der Waals surface area contributed by atoms with Gasteiger partial charge in [-0.15, -0.1) is 0 Å². The lowest BCUT2D eigenvalue weighted by molar-refractivity contribution is -0.398. The molecule has 0 saturated carbocycles. The van der Waals surface area contributed by atoms with Gasteiger partial charge in [-0.3, -0.25) is 28.8 Å². The molecule has 0 aromatic heterocycles. The molecule has 52 nitrogen and oxygen atoms in total. The Morgan fingerprint density at radius 2 is 0.449 bits per heavy atom. The zero-order valence-corrected chi connectivity index (χ0v) is 64.0. The molecular formula is C66H110N6O46. The Balaban J connectivity index is 1.06. The van der Waals surface area contributed by atoms with E-state index in [0.29, 0.717) is 0 Å². The number of hydrogen-bond acceptors (Lipinski definition) is 46. The summed E-state index contributed by atoms with van der Waals surface area (Å²) in [4.78, 5) is 76.0. The highest BCUT2D eigenvalue weighted by atomic mass is 16.8. The van der Waals surface area contributed by atoms with E-state index < -0.39 is 371 Å². The van der Waals surface area contributed by atoms with Crippen molar-refractivity contribution in [1.82, 2.24) is 31.9 Å². The molecule has 1 unspecified atom stereocenters. The molecule has 0 bridgehead atoms. The van der Waals surface area contributed by atoms with E-state index in [1.807, 2.05) is 0 Å². The molecule has 52 heteroatoms. The lowest BCUT2D eigenvalue weighted by atomic mass is 9.93. The minimum Gasteiger partial charge on any atom is -0.394 e. The summed E-state index contributed by atoms with van der Waals surface area (Å²) in [5.74, 6) is -5.25. The largest absolute Gasteiger partial charge is 0.394 e. The van der Waals surface area contributed by atoms with Crippen LogP contribution in [0, 0.1) is 0 Å². The van der Waals surface area contributed by atoms with Crippen LogP contribution in [-0.4, -0.2) is 488 Å². The highest BCUT2D eigenvalue weighted by Crippen LogP contribution is 2.40. The highest BCUT2D eigenvalue weighted by molar-refractivity contribution is 5.75. The Labute approximate surface area is 669 Å². The summed E-state index contributed by atoms with van der Waals surface area (Å²) in [7, 11) is 0. The number of carbonyl (C=O) groups excluding carboxylic acids is 6. The van der Waals surface area contributed by atoms with Gasteiger partial charge in [0.1, 0.15) is 219 Å². The average molecular weight is 1720 g/mol. The smallest absolute Gasteiger partial charge is 0.217 e. The first-order valence-corrected chi connectivity index (χ1v) is 37.6. The lowest BCUT2D eigenvalue weighted by Gasteiger charge is -2.51. The van der Waals surface area contributed by atoms with Crippen LogP contribution in [0.3, 0.4) is 0 Å². The fourth-order valence-electron chi connectivity index (χ4n) is 15.3. The maximum Gasteiger partial charge on any atom is 0.217 e. The van der Waals surface area contributed by atoms with E-state index >= 15 is 0 Å². The Kier molecular flexibility index (Phi) is 35.1. The minimum absolute atomic E-state index is 0.792. The van der Waals surface area contributed by atoms with Gasteiger partial charge < -0.3 is 230 Å². The molecule has 9 rings (SSSR count). The van der Waals surface area contributed by atoms with Crippen LogP contribution in [0.25, 0.3) is 0 Å². The topological polar surface area (TPSA) is 797 Å². The van der Waals surface area contributed by atoms with Crippen molar-refractivity contribution < 1.29 is 227 Å². The maximum atomic E-state index is 13.1. The first-order chi connectivity index (χ1) is 55.8. The Morgan fingerprint density at radius 1 is 0.220 bits per heavy atom. The molecule has 45 atom stereocenters. The number of nitrogens with one attached hydrogen (secondary N) is 6. The molecule has 9 aliphatic heterocycles. The van der Waals surface area contributed by atoms with Gasteiger partial charge in [-0.2, -0.15) is 0 Å². The minimum atomic E-state index is -2.59. The van der Waals surface area contributed by atoms with E-state index in [1.54, 1.807) is 0 Å². The number of carbonyl (C=O) groups is 6. The van der Waals surface area contributed by atoms with Gasteiger partial charge in [-0.25, -0.2) is 0 Å². The van der Waals surface area contributed by atoms with E-state index in [0.717, 1.165) is 41.5 Å². The summed E-state index contributed by atoms with van der Waals surface area (Å²) >= 11 is 0. The second kappa shape index (κ2) is 42.7. The summed E-state index contributed by atoms with van der Waals surface area (Å²) in [5.41, 5.74) is 0. The summed E-state index contributed by atoms with van der Waals surface area (Å²) in [6, 6.07) is -10.8. The monoisotopic (exact) mass is 1720 g/mol. The third-order valence-corrected chi connectivity index (χ3v) is 21.2. The second-order valence-electron chi connectivity index (χ2n) is 29.6. The SMILES string of the molecule is CC(=O)N[C@H]1[C@H](O[C@H]2[C@H](O)[C@@H](NC(C)=O)C(O)O[C@@H]2CO)O[C@H](CO)[C@@H](O[C@H]2O[C@H](CO[C@H]3O[C@H](CO)[C@@H](O)[C@H](O)[C@@H]3O[C@@H]3O[C@H](CO)[C@@H](O[C@@H]4O[C@H](CO)[C@H](O)[C@H](O)[C@H]4NC(C)=O)[C@H](O)[C@H]3NC(C)=O)[C@@H](O)[C@H](O[C@H]3O[C@H](CO)[C@@H](O)[C@H](O)[C@@H]3O[C@@H]3O[C@H](CO)[C@@H](O[C@@H]4O[C@H](CO)[C@H](O)[C@H](O)[C@H]4NC(C)=O)[C@H](O)[C@H]3NC(C)=O)[C@@H]2O)[C@@H]1O. The standard InChI is InChI=1S/C66H110N6O46/c1-16(81)67-31-44(94)51(26(11-77)103-58(31)101)112-61-34(70-19(4)84)47(97)54(29(14-80)108-61)115-64-50(100)55(116-66-57(49(99)40(90)25(10-76)107-66)118-63-36(72-21(6)86)46(96)53(28(13-79)110-63)114-60-33(69-18(3)83)43(93)38(88)23(8-74)105-60)41(91)30(111-64)15-102-65-56(48(98)39(89)24(9-75)106-65)117-62-35(71-20(5)85)45(95)52(27(12-78)109-62)113-59-32(68-17(2)82)42(92)37(87)22(7-73)104-59/h22-66,73-80,87-101H,7-15H2,1-6H3,(H,67,81)(H,68,82)(H,69,83)(H,70,84)(H,71,85)(H,72,86)/t22-,23-,24-,25-,26-,27-,28-,29-,30-,31-,32-,33-,34-,35-,36-,37+,38+,39-,40-,41-,42-,43-,44-,45-,46-,47-,48+,49+,50+,51-,52-,53-,54-,55+,56+,57+,58?,59+,60+,61+,62+,63+,64-,65+,66-/m1/s1. The van der Waals surface area contributed by atoms with Crippen molar-refractivity contribution in [2.75, 3.05) is 59.5 Å². The molecule has 9 fully saturated rings. The Morgan fingerprint density at radius 3 is 0.771 bits per heavy atom. The van der Waals surface area contributed by atoms with Crippen LogP contribution in [0.15, 0.2) is 0 Å². The van der Waals surface area contributed by atoms with Crippen LogP contribution in [0.1, 0.15) is 41.5 Å². The third kappa shape index (κ3) is 21.9. The molecule has 9 heterocycles. The van der Waals surface area contributed by atoms with Crippen LogP contribution in [0.5, 0.6) is 0 Å². The van der Waals surface area contributed by atoms with Gasteiger partial charge in [-0.1, -0.05) is 0 Å².